The fourth-order valence-corrected chi connectivity index (χ4v) is 3.87. The molecule has 12 nitrogen and oxygen atoms in total. The third-order valence-corrected chi connectivity index (χ3v) is 6.34. The van der Waals surface area contributed by atoms with Crippen LogP contribution in [0.4, 0.5) is 17.3 Å². The molecule has 34 heavy (non-hydrogen) atoms. The highest BCUT2D eigenvalue weighted by Crippen LogP contribution is 2.36. The standard InChI is InChI=1S/C22H36N10O2/c1-7-13(2)22-26-16(30-34-22)11-31(5)12-32(6)17-19(24-4)27-21(18(23)29-33)28-20(17)25-14(3)15-9-8-10-15/h13-15,33H,4,7-12H2,1-3,5-6H3,(H2,23,29)(H,25,27,28)/t13?,14-/m1/s1. The zero-order valence-electron chi connectivity index (χ0n) is 20.7. The zero-order valence-corrected chi connectivity index (χ0v) is 20.7. The summed E-state index contributed by atoms with van der Waals surface area (Å²) >= 11 is 0. The smallest absolute Gasteiger partial charge is 0.229 e. The van der Waals surface area contributed by atoms with E-state index in [2.05, 4.69) is 68.0 Å². The molecule has 0 amide bonds. The summed E-state index contributed by atoms with van der Waals surface area (Å²) in [6, 6.07) is 0.199. The first-order valence-corrected chi connectivity index (χ1v) is 11.6. The highest BCUT2D eigenvalue weighted by molar-refractivity contribution is 5.95. The number of rotatable bonds is 12. The molecule has 0 aromatic carbocycles. The van der Waals surface area contributed by atoms with Gasteiger partial charge in [0, 0.05) is 19.0 Å². The van der Waals surface area contributed by atoms with Crippen molar-refractivity contribution in [2.45, 2.75) is 65.0 Å². The second-order valence-corrected chi connectivity index (χ2v) is 9.05. The SMILES string of the molecule is C=Nc1nc(/C(N)=N/O)nc(N[C@H](C)C2CCC2)c1N(C)CN(C)Cc1noc(C(C)CC)n1. The molecule has 1 fully saturated rings. The molecule has 0 saturated heterocycles. The summed E-state index contributed by atoms with van der Waals surface area (Å²) in [5.41, 5.74) is 6.46. The van der Waals surface area contributed by atoms with Crippen molar-refractivity contribution in [1.29, 1.82) is 0 Å². The summed E-state index contributed by atoms with van der Waals surface area (Å²) in [6.45, 7) is 11.0. The van der Waals surface area contributed by atoms with Crippen molar-refractivity contribution in [3.8, 4) is 0 Å². The largest absolute Gasteiger partial charge is 0.409 e. The fraction of sp³-hybridized carbons (Fsp3) is 0.636. The number of aliphatic imine (C=N–C) groups is 1. The van der Waals surface area contributed by atoms with E-state index >= 15 is 0 Å². The predicted octanol–water partition coefficient (Wildman–Crippen LogP) is 2.93. The number of hydrogen-bond acceptors (Lipinski definition) is 11. The van der Waals surface area contributed by atoms with E-state index in [4.69, 9.17) is 15.5 Å². The van der Waals surface area contributed by atoms with Crippen molar-refractivity contribution in [2.75, 3.05) is 31.0 Å². The Morgan fingerprint density at radius 3 is 2.62 bits per heavy atom. The van der Waals surface area contributed by atoms with Crippen molar-refractivity contribution in [2.24, 2.45) is 21.8 Å². The minimum atomic E-state index is -0.190. The van der Waals surface area contributed by atoms with Crippen LogP contribution in [0.1, 0.15) is 69.9 Å². The summed E-state index contributed by atoms with van der Waals surface area (Å²) < 4.78 is 5.39. The molecule has 0 aliphatic heterocycles. The van der Waals surface area contributed by atoms with Gasteiger partial charge in [0.2, 0.25) is 17.6 Å². The monoisotopic (exact) mass is 472 g/mol. The molecule has 3 rings (SSSR count). The maximum Gasteiger partial charge on any atom is 0.229 e. The first kappa shape index (κ1) is 25.3. The van der Waals surface area contributed by atoms with Crippen LogP contribution in [-0.4, -0.2) is 69.6 Å². The lowest BCUT2D eigenvalue weighted by Gasteiger charge is -2.34. The average molecular weight is 473 g/mol. The van der Waals surface area contributed by atoms with Gasteiger partial charge < -0.3 is 25.7 Å². The van der Waals surface area contributed by atoms with Gasteiger partial charge in [0.05, 0.1) is 13.2 Å². The van der Waals surface area contributed by atoms with Crippen molar-refractivity contribution in [3.63, 3.8) is 0 Å². The van der Waals surface area contributed by atoms with Crippen LogP contribution in [-0.2, 0) is 6.54 Å². The summed E-state index contributed by atoms with van der Waals surface area (Å²) in [5.74, 6) is 2.88. The fourth-order valence-electron chi connectivity index (χ4n) is 3.87. The van der Waals surface area contributed by atoms with E-state index in [-0.39, 0.29) is 23.6 Å². The molecule has 4 N–H and O–H groups in total. The molecule has 0 spiro atoms. The summed E-state index contributed by atoms with van der Waals surface area (Å²) in [6.07, 6.45) is 4.53. The number of hydrogen-bond donors (Lipinski definition) is 3. The van der Waals surface area contributed by atoms with Crippen molar-refractivity contribution < 1.29 is 9.73 Å². The molecule has 0 bridgehead atoms. The van der Waals surface area contributed by atoms with Crippen LogP contribution < -0.4 is 16.0 Å². The van der Waals surface area contributed by atoms with Gasteiger partial charge in [0.1, 0.15) is 5.69 Å². The number of nitrogens with two attached hydrogens (primary N) is 1. The highest BCUT2D eigenvalue weighted by Gasteiger charge is 2.27. The number of nitrogens with one attached hydrogen (secondary N) is 1. The Hall–Kier alpha value is -3.28. The molecule has 1 unspecified atom stereocenters. The molecule has 2 atom stereocenters. The minimum Gasteiger partial charge on any atom is -0.409 e. The topological polar surface area (TPSA) is 154 Å². The molecular formula is C22H36N10O2. The Bertz CT molecular complexity index is 1000. The summed E-state index contributed by atoms with van der Waals surface area (Å²) in [5, 5.41) is 19.8. The molecule has 2 heterocycles. The van der Waals surface area contributed by atoms with Gasteiger partial charge in [-0.3, -0.25) is 4.90 Å². The van der Waals surface area contributed by atoms with Crippen molar-refractivity contribution >= 4 is 29.9 Å². The first-order chi connectivity index (χ1) is 16.3. The average Bonchev–Trinajstić information content (AvgIpc) is 3.24. The lowest BCUT2D eigenvalue weighted by Crippen LogP contribution is -2.36. The first-order valence-electron chi connectivity index (χ1n) is 11.6. The molecule has 1 aliphatic carbocycles. The second-order valence-electron chi connectivity index (χ2n) is 9.05. The van der Waals surface area contributed by atoms with Crippen LogP contribution in [0.2, 0.25) is 0 Å². The van der Waals surface area contributed by atoms with E-state index < -0.39 is 0 Å². The number of anilines is 2. The number of nitrogens with zero attached hydrogens (tertiary/aromatic N) is 8. The predicted molar refractivity (Wildman–Crippen MR) is 132 cm³/mol. The Morgan fingerprint density at radius 1 is 1.29 bits per heavy atom. The van der Waals surface area contributed by atoms with Gasteiger partial charge in [-0.15, -0.1) is 0 Å². The van der Waals surface area contributed by atoms with E-state index in [0.29, 0.717) is 48.2 Å². The maximum atomic E-state index is 9.13. The Kier molecular flexibility index (Phi) is 8.37. The van der Waals surface area contributed by atoms with Crippen molar-refractivity contribution in [3.05, 3.63) is 17.5 Å². The highest BCUT2D eigenvalue weighted by atomic mass is 16.5. The molecule has 1 saturated carbocycles. The van der Waals surface area contributed by atoms with Crippen LogP contribution in [0.15, 0.2) is 14.7 Å². The van der Waals surface area contributed by atoms with E-state index in [1.165, 1.54) is 19.3 Å². The van der Waals surface area contributed by atoms with Gasteiger partial charge >= 0.3 is 0 Å². The van der Waals surface area contributed by atoms with Gasteiger partial charge in [-0.2, -0.15) is 4.98 Å². The number of oxime groups is 1. The number of amidine groups is 1. The van der Waals surface area contributed by atoms with Gasteiger partial charge in [0.25, 0.3) is 0 Å². The molecule has 2 aromatic heterocycles. The molecule has 1 aliphatic rings. The van der Waals surface area contributed by atoms with E-state index in [1.807, 2.05) is 19.0 Å². The van der Waals surface area contributed by atoms with E-state index in [0.717, 1.165) is 6.42 Å². The minimum absolute atomic E-state index is 0.0862. The second kappa shape index (κ2) is 11.2. The van der Waals surface area contributed by atoms with Gasteiger partial charge in [0.15, 0.2) is 17.5 Å². The Balaban J connectivity index is 1.83. The normalized spacial score (nSPS) is 16.2. The molecular weight excluding hydrogens is 436 g/mol. The van der Waals surface area contributed by atoms with E-state index in [1.54, 1.807) is 0 Å². The summed E-state index contributed by atoms with van der Waals surface area (Å²) in [4.78, 5) is 21.6. The molecule has 0 radical (unpaired) electrons. The van der Waals surface area contributed by atoms with Crippen LogP contribution in [0.5, 0.6) is 0 Å². The van der Waals surface area contributed by atoms with Crippen molar-refractivity contribution in [1.82, 2.24) is 25.0 Å². The van der Waals surface area contributed by atoms with Gasteiger partial charge in [-0.05, 0) is 45.9 Å². The van der Waals surface area contributed by atoms with Crippen LogP contribution >= 0.6 is 0 Å². The van der Waals surface area contributed by atoms with Gasteiger partial charge in [-0.1, -0.05) is 30.6 Å². The molecule has 186 valence electrons. The zero-order chi connectivity index (χ0) is 24.8. The number of aromatic nitrogens is 4. The Morgan fingerprint density at radius 2 is 2.03 bits per heavy atom. The van der Waals surface area contributed by atoms with Gasteiger partial charge in [-0.25, -0.2) is 15.0 Å². The van der Waals surface area contributed by atoms with Crippen LogP contribution in [0.3, 0.4) is 0 Å². The molecule has 2 aromatic rings. The lowest BCUT2D eigenvalue weighted by atomic mass is 9.80. The van der Waals surface area contributed by atoms with Crippen LogP contribution in [0.25, 0.3) is 0 Å². The molecule has 12 heteroatoms. The Labute approximate surface area is 200 Å². The maximum absolute atomic E-state index is 9.13. The summed E-state index contributed by atoms with van der Waals surface area (Å²) in [7, 11) is 3.89. The third kappa shape index (κ3) is 5.79. The van der Waals surface area contributed by atoms with Crippen LogP contribution in [0, 0.1) is 5.92 Å². The van der Waals surface area contributed by atoms with E-state index in [9.17, 15) is 0 Å². The quantitative estimate of drug-likeness (QED) is 0.138. The third-order valence-electron chi connectivity index (χ3n) is 6.34. The lowest BCUT2D eigenvalue weighted by molar-refractivity contribution is 0.284.